The van der Waals surface area contributed by atoms with Gasteiger partial charge in [-0.05, 0) is 5.56 Å². The summed E-state index contributed by atoms with van der Waals surface area (Å²) in [5.41, 5.74) is 1.04. The number of benzene rings is 1. The zero-order valence-corrected chi connectivity index (χ0v) is 12.1. The van der Waals surface area contributed by atoms with Crippen LogP contribution in [0.4, 0.5) is 0 Å². The highest BCUT2D eigenvalue weighted by Gasteiger charge is 2.61. The Kier molecular flexibility index (Phi) is 2.84. The van der Waals surface area contributed by atoms with Gasteiger partial charge in [0.05, 0.1) is 17.9 Å². The van der Waals surface area contributed by atoms with E-state index in [0.717, 1.165) is 10.5 Å². The zero-order chi connectivity index (χ0) is 15.4. The van der Waals surface area contributed by atoms with E-state index in [1.54, 1.807) is 0 Å². The van der Waals surface area contributed by atoms with Crippen LogP contribution in [0.2, 0.25) is 0 Å². The van der Waals surface area contributed by atoms with Gasteiger partial charge in [-0.2, -0.15) is 0 Å². The lowest BCUT2D eigenvalue weighted by Crippen LogP contribution is -2.51. The Morgan fingerprint density at radius 2 is 1.82 bits per heavy atom. The van der Waals surface area contributed by atoms with Crippen molar-refractivity contribution < 1.29 is 19.1 Å². The molecule has 4 rings (SSSR count). The van der Waals surface area contributed by atoms with Crippen molar-refractivity contribution in [1.29, 1.82) is 0 Å². The van der Waals surface area contributed by atoms with Gasteiger partial charge in [0.1, 0.15) is 12.6 Å². The molecule has 0 aliphatic carbocycles. The number of ether oxygens (including phenoxy) is 1. The van der Waals surface area contributed by atoms with Crippen LogP contribution in [0.15, 0.2) is 30.3 Å². The van der Waals surface area contributed by atoms with E-state index < -0.39 is 23.8 Å². The number of carbonyl (C=O) groups is 3. The summed E-state index contributed by atoms with van der Waals surface area (Å²) >= 11 is 0. The van der Waals surface area contributed by atoms with Crippen molar-refractivity contribution in [2.24, 2.45) is 11.8 Å². The maximum atomic E-state index is 12.3. The monoisotopic (exact) mass is 300 g/mol. The predicted octanol–water partition coefficient (Wildman–Crippen LogP) is 0.200. The second-order valence-corrected chi connectivity index (χ2v) is 6.07. The molecule has 0 unspecified atom stereocenters. The van der Waals surface area contributed by atoms with E-state index in [1.807, 2.05) is 35.2 Å². The third kappa shape index (κ3) is 1.67. The number of hydrogen-bond acceptors (Lipinski definition) is 5. The van der Waals surface area contributed by atoms with E-state index in [-0.39, 0.29) is 24.5 Å². The lowest BCUT2D eigenvalue weighted by molar-refractivity contribution is -0.164. The van der Waals surface area contributed by atoms with Gasteiger partial charge in [-0.1, -0.05) is 30.3 Å². The number of hydrogen-bond donors (Lipinski definition) is 0. The van der Waals surface area contributed by atoms with Crippen LogP contribution >= 0.6 is 0 Å². The summed E-state index contributed by atoms with van der Waals surface area (Å²) in [6.07, 6.45) is 0. The molecule has 0 N–H and O–H groups in total. The van der Waals surface area contributed by atoms with Crippen LogP contribution in [0.25, 0.3) is 0 Å². The Hall–Kier alpha value is -2.21. The minimum absolute atomic E-state index is 0.0968. The smallest absolute Gasteiger partial charge is 0.324 e. The molecule has 2 amide bonds. The Morgan fingerprint density at radius 1 is 1.09 bits per heavy atom. The summed E-state index contributed by atoms with van der Waals surface area (Å²) in [5.74, 6) is -1.89. The van der Waals surface area contributed by atoms with Crippen LogP contribution in [0.5, 0.6) is 0 Å². The molecule has 4 atom stereocenters. The standard InChI is InChI=1S/C16H16N2O4/c1-17-14(19)10-7-18-11(9-5-3-2-4-6-9)8-22-16(21)13(18)12(10)15(17)20/h2-6,10-13H,7-8H2,1H3/t10-,11-,12-,13+/m1/s1. The van der Waals surface area contributed by atoms with Gasteiger partial charge in [0.2, 0.25) is 11.8 Å². The summed E-state index contributed by atoms with van der Waals surface area (Å²) in [4.78, 5) is 39.9. The molecule has 1 aromatic rings. The summed E-state index contributed by atoms with van der Waals surface area (Å²) < 4.78 is 5.32. The highest BCUT2D eigenvalue weighted by Crippen LogP contribution is 2.44. The van der Waals surface area contributed by atoms with Gasteiger partial charge in [0, 0.05) is 13.6 Å². The lowest BCUT2D eigenvalue weighted by atomic mass is 9.92. The van der Waals surface area contributed by atoms with E-state index in [1.165, 1.54) is 7.05 Å². The maximum Gasteiger partial charge on any atom is 0.324 e. The van der Waals surface area contributed by atoms with Gasteiger partial charge in [-0.15, -0.1) is 0 Å². The summed E-state index contributed by atoms with van der Waals surface area (Å²) in [7, 11) is 1.48. The molecule has 0 spiro atoms. The molecular formula is C16H16N2O4. The molecule has 3 aliphatic heterocycles. The normalized spacial score (nSPS) is 34.6. The molecule has 3 fully saturated rings. The van der Waals surface area contributed by atoms with Crippen molar-refractivity contribution in [2.45, 2.75) is 12.1 Å². The van der Waals surface area contributed by atoms with Gasteiger partial charge >= 0.3 is 5.97 Å². The summed E-state index contributed by atoms with van der Waals surface area (Å²) in [6.45, 7) is 0.690. The van der Waals surface area contributed by atoms with E-state index >= 15 is 0 Å². The number of rotatable bonds is 1. The van der Waals surface area contributed by atoms with Crippen LogP contribution < -0.4 is 0 Å². The van der Waals surface area contributed by atoms with Crippen LogP contribution in [-0.4, -0.2) is 53.8 Å². The fourth-order valence-corrected chi connectivity index (χ4v) is 3.91. The van der Waals surface area contributed by atoms with Crippen molar-refractivity contribution in [3.05, 3.63) is 35.9 Å². The Balaban J connectivity index is 1.72. The average molecular weight is 300 g/mol. The van der Waals surface area contributed by atoms with Crippen molar-refractivity contribution >= 4 is 17.8 Å². The molecule has 0 aromatic heterocycles. The maximum absolute atomic E-state index is 12.3. The van der Waals surface area contributed by atoms with Gasteiger partial charge in [0.25, 0.3) is 0 Å². The van der Waals surface area contributed by atoms with Crippen LogP contribution in [0.3, 0.4) is 0 Å². The number of nitrogens with zero attached hydrogens (tertiary/aromatic N) is 2. The molecule has 1 aromatic carbocycles. The van der Waals surface area contributed by atoms with Gasteiger partial charge in [0.15, 0.2) is 0 Å². The Morgan fingerprint density at radius 3 is 2.55 bits per heavy atom. The fourth-order valence-electron chi connectivity index (χ4n) is 3.91. The number of likely N-dealkylation sites (tertiary alicyclic amines) is 1. The molecule has 22 heavy (non-hydrogen) atoms. The quantitative estimate of drug-likeness (QED) is 0.547. The molecule has 0 bridgehead atoms. The highest BCUT2D eigenvalue weighted by atomic mass is 16.5. The SMILES string of the molecule is CN1C(=O)[C@H]2[C@H]3C(=O)OC[C@H](c4ccccc4)N3C[C@H]2C1=O. The molecule has 3 saturated heterocycles. The van der Waals surface area contributed by atoms with Gasteiger partial charge in [-0.25, -0.2) is 0 Å². The summed E-state index contributed by atoms with van der Waals surface area (Å²) in [5, 5.41) is 0. The first-order valence-electron chi connectivity index (χ1n) is 7.38. The zero-order valence-electron chi connectivity index (χ0n) is 12.1. The molecule has 3 aliphatic rings. The minimum Gasteiger partial charge on any atom is -0.462 e. The first-order valence-corrected chi connectivity index (χ1v) is 7.38. The third-order valence-electron chi connectivity index (χ3n) is 5.01. The minimum atomic E-state index is -0.648. The van der Waals surface area contributed by atoms with E-state index in [2.05, 4.69) is 0 Å². The summed E-state index contributed by atoms with van der Waals surface area (Å²) in [6, 6.07) is 9.00. The van der Waals surface area contributed by atoms with Gasteiger partial charge in [-0.3, -0.25) is 24.2 Å². The van der Waals surface area contributed by atoms with E-state index in [0.29, 0.717) is 6.54 Å². The van der Waals surface area contributed by atoms with Crippen molar-refractivity contribution in [1.82, 2.24) is 9.80 Å². The fraction of sp³-hybridized carbons (Fsp3) is 0.438. The number of fused-ring (bicyclic) bond motifs is 3. The second kappa shape index (κ2) is 4.64. The topological polar surface area (TPSA) is 66.9 Å². The first-order chi connectivity index (χ1) is 10.6. The Bertz CT molecular complexity index is 659. The Labute approximate surface area is 127 Å². The highest BCUT2D eigenvalue weighted by molar-refractivity contribution is 6.07. The van der Waals surface area contributed by atoms with Crippen molar-refractivity contribution in [2.75, 3.05) is 20.2 Å². The van der Waals surface area contributed by atoms with E-state index in [9.17, 15) is 14.4 Å². The molecule has 3 heterocycles. The predicted molar refractivity (Wildman–Crippen MR) is 75.4 cm³/mol. The van der Waals surface area contributed by atoms with Crippen LogP contribution in [0.1, 0.15) is 11.6 Å². The third-order valence-corrected chi connectivity index (χ3v) is 5.01. The number of imide groups is 1. The largest absolute Gasteiger partial charge is 0.462 e. The van der Waals surface area contributed by atoms with E-state index in [4.69, 9.17) is 4.74 Å². The number of cyclic esters (lactones) is 1. The van der Waals surface area contributed by atoms with Gasteiger partial charge < -0.3 is 4.74 Å². The number of carbonyl (C=O) groups excluding carboxylic acids is 3. The van der Waals surface area contributed by atoms with Crippen molar-refractivity contribution in [3.8, 4) is 0 Å². The molecule has 0 saturated carbocycles. The molecule has 114 valence electrons. The second-order valence-electron chi connectivity index (χ2n) is 6.07. The molecular weight excluding hydrogens is 284 g/mol. The van der Waals surface area contributed by atoms with Crippen LogP contribution in [0, 0.1) is 11.8 Å². The number of morpholine rings is 1. The van der Waals surface area contributed by atoms with Crippen molar-refractivity contribution in [3.63, 3.8) is 0 Å². The molecule has 6 heteroatoms. The number of amides is 2. The first kappa shape index (κ1) is 13.5. The average Bonchev–Trinajstić information content (AvgIpc) is 3.03. The molecule has 0 radical (unpaired) electrons. The number of esters is 1. The van der Waals surface area contributed by atoms with Crippen LogP contribution in [-0.2, 0) is 19.1 Å². The molecule has 6 nitrogen and oxygen atoms in total. The lowest BCUT2D eigenvalue weighted by Gasteiger charge is -2.37.